The molecule has 1 aromatic rings. The molecular weight excluding hydrogens is 278 g/mol. The third-order valence-corrected chi connectivity index (χ3v) is 5.26. The van der Waals surface area contributed by atoms with Crippen molar-refractivity contribution in [3.05, 3.63) is 28.7 Å². The lowest BCUT2D eigenvalue weighted by Gasteiger charge is -2.10. The van der Waals surface area contributed by atoms with Gasteiger partial charge in [-0.3, -0.25) is 0 Å². The highest BCUT2D eigenvalue weighted by Gasteiger charge is 2.29. The van der Waals surface area contributed by atoms with E-state index in [-0.39, 0.29) is 5.25 Å². The van der Waals surface area contributed by atoms with Crippen molar-refractivity contribution in [1.82, 2.24) is 5.32 Å². The van der Waals surface area contributed by atoms with E-state index in [1.807, 2.05) is 6.07 Å². The van der Waals surface area contributed by atoms with Gasteiger partial charge in [-0.15, -0.1) is 0 Å². The molecule has 2 rings (SSSR count). The van der Waals surface area contributed by atoms with Gasteiger partial charge < -0.3 is 5.32 Å². The lowest BCUT2D eigenvalue weighted by molar-refractivity contribution is 0.583. The van der Waals surface area contributed by atoms with Crippen LogP contribution in [0.4, 0.5) is 0 Å². The van der Waals surface area contributed by atoms with Gasteiger partial charge in [-0.25, -0.2) is 8.42 Å². The molecule has 0 saturated carbocycles. The van der Waals surface area contributed by atoms with E-state index < -0.39 is 9.84 Å². The van der Waals surface area contributed by atoms with Crippen LogP contribution >= 0.6 is 15.9 Å². The van der Waals surface area contributed by atoms with Crippen LogP contribution in [0.15, 0.2) is 33.6 Å². The number of hydrogen-bond acceptors (Lipinski definition) is 3. The van der Waals surface area contributed by atoms with Crippen molar-refractivity contribution in [1.29, 1.82) is 0 Å². The largest absolute Gasteiger partial charge is 0.315 e. The van der Waals surface area contributed by atoms with Gasteiger partial charge in [-0.05, 0) is 31.2 Å². The third-order valence-electron chi connectivity index (χ3n) is 2.58. The molecule has 1 atom stereocenters. The van der Waals surface area contributed by atoms with E-state index in [4.69, 9.17) is 0 Å². The van der Waals surface area contributed by atoms with Crippen LogP contribution in [0.2, 0.25) is 0 Å². The van der Waals surface area contributed by atoms with Crippen LogP contribution in [0, 0.1) is 0 Å². The van der Waals surface area contributed by atoms with Gasteiger partial charge in [0.1, 0.15) is 0 Å². The Morgan fingerprint density at radius 1 is 1.40 bits per heavy atom. The first kappa shape index (κ1) is 11.1. The molecule has 0 bridgehead atoms. The molecule has 1 saturated heterocycles. The van der Waals surface area contributed by atoms with Gasteiger partial charge in [-0.1, -0.05) is 22.0 Å². The van der Waals surface area contributed by atoms with Gasteiger partial charge in [0, 0.05) is 11.0 Å². The second-order valence-corrected chi connectivity index (χ2v) is 6.76. The Hall–Kier alpha value is -0.390. The van der Waals surface area contributed by atoms with Crippen LogP contribution in [0.5, 0.6) is 0 Å². The van der Waals surface area contributed by atoms with Gasteiger partial charge in [-0.2, -0.15) is 0 Å². The molecular formula is C10H12BrNO2S. The lowest BCUT2D eigenvalue weighted by atomic mass is 10.4. The maximum Gasteiger partial charge on any atom is 0.182 e. The maximum absolute atomic E-state index is 12.1. The molecule has 5 heteroatoms. The van der Waals surface area contributed by atoms with Gasteiger partial charge in [0.25, 0.3) is 0 Å². The molecule has 15 heavy (non-hydrogen) atoms. The van der Waals surface area contributed by atoms with Crippen molar-refractivity contribution in [3.63, 3.8) is 0 Å². The fourth-order valence-corrected chi connectivity index (χ4v) is 3.99. The highest BCUT2D eigenvalue weighted by Crippen LogP contribution is 2.22. The summed E-state index contributed by atoms with van der Waals surface area (Å²) in [5.74, 6) is 0. The van der Waals surface area contributed by atoms with Gasteiger partial charge >= 0.3 is 0 Å². The molecule has 0 unspecified atom stereocenters. The van der Waals surface area contributed by atoms with Gasteiger partial charge in [0.2, 0.25) is 0 Å². The Labute approximate surface area is 97.9 Å². The lowest BCUT2D eigenvalue weighted by Crippen LogP contribution is -2.23. The maximum atomic E-state index is 12.1. The summed E-state index contributed by atoms with van der Waals surface area (Å²) in [4.78, 5) is 0.408. The van der Waals surface area contributed by atoms with Crippen LogP contribution in [0.1, 0.15) is 6.42 Å². The number of sulfone groups is 1. The Morgan fingerprint density at radius 3 is 2.80 bits per heavy atom. The molecule has 1 fully saturated rings. The van der Waals surface area contributed by atoms with Crippen molar-refractivity contribution in [2.24, 2.45) is 0 Å². The topological polar surface area (TPSA) is 46.2 Å². The first-order chi connectivity index (χ1) is 7.10. The Bertz CT molecular complexity index is 452. The second kappa shape index (κ2) is 4.23. The quantitative estimate of drug-likeness (QED) is 0.899. The van der Waals surface area contributed by atoms with Crippen molar-refractivity contribution in [2.75, 3.05) is 13.1 Å². The van der Waals surface area contributed by atoms with E-state index in [0.29, 0.717) is 17.9 Å². The molecule has 1 heterocycles. The molecule has 0 spiro atoms. The van der Waals surface area contributed by atoms with Crippen LogP contribution in [0.25, 0.3) is 0 Å². The smallest absolute Gasteiger partial charge is 0.182 e. The van der Waals surface area contributed by atoms with Crippen molar-refractivity contribution >= 4 is 25.8 Å². The third kappa shape index (κ3) is 2.24. The molecule has 1 aliphatic rings. The summed E-state index contributed by atoms with van der Waals surface area (Å²) in [6.45, 7) is 1.35. The molecule has 3 nitrogen and oxygen atoms in total. The van der Waals surface area contributed by atoms with Gasteiger partial charge in [0.05, 0.1) is 10.1 Å². The molecule has 0 aromatic heterocycles. The van der Waals surface area contributed by atoms with Crippen LogP contribution in [-0.2, 0) is 9.84 Å². The summed E-state index contributed by atoms with van der Waals surface area (Å²) in [5, 5.41) is 2.80. The fraction of sp³-hybridized carbons (Fsp3) is 0.400. The van der Waals surface area contributed by atoms with E-state index in [9.17, 15) is 8.42 Å². The van der Waals surface area contributed by atoms with Crippen LogP contribution in [0.3, 0.4) is 0 Å². The Kier molecular flexibility index (Phi) is 3.13. The average Bonchev–Trinajstić information content (AvgIpc) is 2.71. The summed E-state index contributed by atoms with van der Waals surface area (Å²) in [5.41, 5.74) is 0. The van der Waals surface area contributed by atoms with Crippen LogP contribution in [-0.4, -0.2) is 26.8 Å². The number of rotatable bonds is 2. The van der Waals surface area contributed by atoms with Crippen molar-refractivity contribution in [2.45, 2.75) is 16.6 Å². The number of halogens is 1. The zero-order chi connectivity index (χ0) is 10.9. The summed E-state index contributed by atoms with van der Waals surface area (Å²) in [6.07, 6.45) is 0.703. The molecule has 0 radical (unpaired) electrons. The first-order valence-corrected chi connectivity index (χ1v) is 7.15. The first-order valence-electron chi connectivity index (χ1n) is 4.81. The predicted molar refractivity (Wildman–Crippen MR) is 62.6 cm³/mol. The molecule has 1 N–H and O–H groups in total. The monoisotopic (exact) mass is 289 g/mol. The molecule has 0 aliphatic carbocycles. The zero-order valence-corrected chi connectivity index (χ0v) is 10.5. The minimum absolute atomic E-state index is 0.271. The Morgan fingerprint density at radius 2 is 2.20 bits per heavy atom. The fourth-order valence-electron chi connectivity index (χ4n) is 1.73. The molecule has 1 aliphatic heterocycles. The molecule has 0 amide bonds. The number of nitrogens with one attached hydrogen (secondary N) is 1. The van der Waals surface area contributed by atoms with E-state index >= 15 is 0 Å². The number of benzene rings is 1. The minimum Gasteiger partial charge on any atom is -0.315 e. The van der Waals surface area contributed by atoms with E-state index in [2.05, 4.69) is 21.2 Å². The highest BCUT2D eigenvalue weighted by molar-refractivity contribution is 9.10. The van der Waals surface area contributed by atoms with Crippen molar-refractivity contribution in [3.8, 4) is 0 Å². The SMILES string of the molecule is O=S(=O)(c1cccc(Br)c1)[C@H]1CCNC1. The Balaban J connectivity index is 2.36. The second-order valence-electron chi connectivity index (χ2n) is 3.62. The summed E-state index contributed by atoms with van der Waals surface area (Å²) in [7, 11) is -3.15. The molecule has 82 valence electrons. The normalized spacial score (nSPS) is 21.8. The summed E-state index contributed by atoms with van der Waals surface area (Å²) in [6, 6.07) is 6.89. The zero-order valence-electron chi connectivity index (χ0n) is 8.11. The highest BCUT2D eigenvalue weighted by atomic mass is 79.9. The van der Waals surface area contributed by atoms with E-state index in [1.54, 1.807) is 18.2 Å². The summed E-state index contributed by atoms with van der Waals surface area (Å²) >= 11 is 3.28. The predicted octanol–water partition coefficient (Wildman–Crippen LogP) is 1.58. The summed E-state index contributed by atoms with van der Waals surface area (Å²) < 4.78 is 25.1. The number of hydrogen-bond donors (Lipinski definition) is 1. The van der Waals surface area contributed by atoms with Crippen molar-refractivity contribution < 1.29 is 8.42 Å². The minimum atomic E-state index is -3.15. The van der Waals surface area contributed by atoms with Gasteiger partial charge in [0.15, 0.2) is 9.84 Å². The van der Waals surface area contributed by atoms with E-state index in [0.717, 1.165) is 11.0 Å². The van der Waals surface area contributed by atoms with E-state index in [1.165, 1.54) is 0 Å². The average molecular weight is 290 g/mol. The van der Waals surface area contributed by atoms with Crippen LogP contribution < -0.4 is 5.32 Å². The molecule has 1 aromatic carbocycles. The standard InChI is InChI=1S/C10H12BrNO2S/c11-8-2-1-3-9(6-8)15(13,14)10-4-5-12-7-10/h1-3,6,10,12H,4-5,7H2/t10-/m0/s1.